The number of halogens is 3. The van der Waals surface area contributed by atoms with Crippen LogP contribution < -0.4 is 0 Å². The topological polar surface area (TPSA) is 34.0 Å². The van der Waals surface area contributed by atoms with Gasteiger partial charge in [0.1, 0.15) is 0 Å². The summed E-state index contributed by atoms with van der Waals surface area (Å²) in [5.41, 5.74) is 4.37. The fourth-order valence-corrected chi connectivity index (χ4v) is 4.43. The molecule has 1 aromatic carbocycles. The van der Waals surface area contributed by atoms with E-state index in [1.807, 2.05) is 23.0 Å². The second kappa shape index (κ2) is 9.45. The lowest BCUT2D eigenvalue weighted by Gasteiger charge is -2.32. The third kappa shape index (κ3) is 5.38. The highest BCUT2D eigenvalue weighted by atomic mass is 19.4. The molecule has 3 aromatic rings. The van der Waals surface area contributed by atoms with Crippen LogP contribution in [-0.4, -0.2) is 32.8 Å². The van der Waals surface area contributed by atoms with Crippen molar-refractivity contribution in [3.05, 3.63) is 82.4 Å². The molecule has 0 unspecified atom stereocenters. The molecule has 3 heterocycles. The first-order valence-corrected chi connectivity index (χ1v) is 11.2. The minimum atomic E-state index is -4.32. The van der Waals surface area contributed by atoms with Crippen molar-refractivity contribution >= 4 is 0 Å². The van der Waals surface area contributed by atoms with Gasteiger partial charge in [-0.3, -0.25) is 14.6 Å². The van der Waals surface area contributed by atoms with Crippen LogP contribution in [0.4, 0.5) is 13.2 Å². The molecule has 170 valence electrons. The molecule has 7 heteroatoms. The number of benzene rings is 1. The van der Waals surface area contributed by atoms with Gasteiger partial charge in [0, 0.05) is 49.2 Å². The zero-order valence-corrected chi connectivity index (χ0v) is 18.6. The van der Waals surface area contributed by atoms with Gasteiger partial charge in [0.25, 0.3) is 0 Å². The third-order valence-electron chi connectivity index (χ3n) is 6.20. The Morgan fingerprint density at radius 3 is 2.66 bits per heavy atom. The van der Waals surface area contributed by atoms with Gasteiger partial charge in [-0.2, -0.15) is 18.3 Å². The Labute approximate surface area is 187 Å². The van der Waals surface area contributed by atoms with E-state index in [0.29, 0.717) is 17.9 Å². The summed E-state index contributed by atoms with van der Waals surface area (Å²) < 4.78 is 40.8. The number of piperidine rings is 1. The van der Waals surface area contributed by atoms with Crippen molar-refractivity contribution in [1.29, 1.82) is 0 Å². The smallest absolute Gasteiger partial charge is 0.298 e. The van der Waals surface area contributed by atoms with E-state index in [0.717, 1.165) is 62.0 Å². The molecule has 1 saturated heterocycles. The fraction of sp³-hybridized carbons (Fsp3) is 0.440. The molecule has 4 rings (SSSR count). The van der Waals surface area contributed by atoms with E-state index in [2.05, 4.69) is 35.0 Å². The fourth-order valence-electron chi connectivity index (χ4n) is 4.43. The minimum Gasteiger partial charge on any atom is -0.298 e. The molecule has 1 fully saturated rings. The number of likely N-dealkylation sites (tertiary alicyclic amines) is 1. The third-order valence-corrected chi connectivity index (χ3v) is 6.20. The lowest BCUT2D eigenvalue weighted by atomic mass is 9.93. The van der Waals surface area contributed by atoms with Gasteiger partial charge in [-0.05, 0) is 62.9 Å². The molecular formula is C25H29F3N4. The highest BCUT2D eigenvalue weighted by Crippen LogP contribution is 2.30. The van der Waals surface area contributed by atoms with Crippen LogP contribution >= 0.6 is 0 Å². The second-order valence-corrected chi connectivity index (χ2v) is 8.64. The van der Waals surface area contributed by atoms with Gasteiger partial charge < -0.3 is 0 Å². The number of alkyl halides is 3. The van der Waals surface area contributed by atoms with Gasteiger partial charge in [0.2, 0.25) is 0 Å². The van der Waals surface area contributed by atoms with Gasteiger partial charge in [-0.25, -0.2) is 0 Å². The first kappa shape index (κ1) is 22.5. The molecule has 0 saturated carbocycles. The Balaban J connectivity index is 1.39. The lowest BCUT2D eigenvalue weighted by molar-refractivity contribution is -0.137. The van der Waals surface area contributed by atoms with Crippen LogP contribution in [0, 0.1) is 6.92 Å². The summed E-state index contributed by atoms with van der Waals surface area (Å²) in [7, 11) is 0. The van der Waals surface area contributed by atoms with Crippen molar-refractivity contribution in [1.82, 2.24) is 19.7 Å². The van der Waals surface area contributed by atoms with Crippen LogP contribution in [0.1, 0.15) is 59.3 Å². The number of hydrogen-bond acceptors (Lipinski definition) is 3. The quantitative estimate of drug-likeness (QED) is 0.499. The number of pyridine rings is 1. The maximum atomic E-state index is 13.0. The monoisotopic (exact) mass is 442 g/mol. The van der Waals surface area contributed by atoms with Crippen molar-refractivity contribution in [3.8, 4) is 0 Å². The van der Waals surface area contributed by atoms with Crippen molar-refractivity contribution in [2.75, 3.05) is 13.1 Å². The number of aromatic nitrogens is 3. The molecule has 0 bridgehead atoms. The summed E-state index contributed by atoms with van der Waals surface area (Å²) in [4.78, 5) is 7.15. The number of hydrogen-bond donors (Lipinski definition) is 0. The molecule has 0 aliphatic carbocycles. The Bertz CT molecular complexity index is 1040. The van der Waals surface area contributed by atoms with Gasteiger partial charge in [0.05, 0.1) is 11.3 Å². The van der Waals surface area contributed by atoms with Crippen LogP contribution in [-0.2, 0) is 25.7 Å². The molecule has 0 amide bonds. The second-order valence-electron chi connectivity index (χ2n) is 8.64. The van der Waals surface area contributed by atoms with E-state index in [4.69, 9.17) is 0 Å². The van der Waals surface area contributed by atoms with E-state index in [9.17, 15) is 13.2 Å². The van der Waals surface area contributed by atoms with E-state index in [-0.39, 0.29) is 0 Å². The molecule has 1 aliphatic heterocycles. The summed E-state index contributed by atoms with van der Waals surface area (Å²) >= 11 is 0. The zero-order chi connectivity index (χ0) is 22.7. The maximum absolute atomic E-state index is 13.0. The van der Waals surface area contributed by atoms with Gasteiger partial charge in [0.15, 0.2) is 0 Å². The Kier molecular flexibility index (Phi) is 6.65. The minimum absolute atomic E-state index is 0.368. The summed E-state index contributed by atoms with van der Waals surface area (Å²) in [5.74, 6) is 0.368. The summed E-state index contributed by atoms with van der Waals surface area (Å²) in [5, 5.41) is 4.55. The SMILES string of the molecule is CCn1cc(CN2CCC[C@@H](c3ccc(Cc4cccc(C(F)(F)F)c4)cn3)C2)c(C)n1. The van der Waals surface area contributed by atoms with Crippen LogP contribution in [0.5, 0.6) is 0 Å². The first-order valence-electron chi connectivity index (χ1n) is 11.2. The van der Waals surface area contributed by atoms with E-state index in [1.165, 1.54) is 17.7 Å². The molecule has 0 N–H and O–H groups in total. The molecule has 4 nitrogen and oxygen atoms in total. The van der Waals surface area contributed by atoms with Crippen LogP contribution in [0.15, 0.2) is 48.8 Å². The van der Waals surface area contributed by atoms with Crippen LogP contribution in [0.2, 0.25) is 0 Å². The molecule has 1 atom stereocenters. The Morgan fingerprint density at radius 1 is 1.12 bits per heavy atom. The average Bonchev–Trinajstić information content (AvgIpc) is 3.13. The summed E-state index contributed by atoms with van der Waals surface area (Å²) in [6, 6.07) is 9.55. The molecule has 32 heavy (non-hydrogen) atoms. The normalized spacial score (nSPS) is 17.6. The standard InChI is InChI=1S/C25H29F3N4/c1-3-32-17-22(18(2)30-32)16-31-11-5-7-21(15-31)24-10-9-20(14-29-24)12-19-6-4-8-23(13-19)25(26,27)28/h4,6,8-10,13-14,17,21H,3,5,7,11-12,15-16H2,1-2H3/t21-/m1/s1. The van der Waals surface area contributed by atoms with Crippen LogP contribution in [0.3, 0.4) is 0 Å². The predicted molar refractivity (Wildman–Crippen MR) is 118 cm³/mol. The zero-order valence-electron chi connectivity index (χ0n) is 18.6. The Morgan fingerprint density at radius 2 is 1.97 bits per heavy atom. The molecular weight excluding hydrogens is 413 g/mol. The van der Waals surface area contributed by atoms with Gasteiger partial charge in [-0.1, -0.05) is 24.3 Å². The number of aryl methyl sites for hydroxylation is 2. The highest BCUT2D eigenvalue weighted by molar-refractivity contribution is 5.30. The van der Waals surface area contributed by atoms with Crippen molar-refractivity contribution in [2.45, 2.75) is 58.3 Å². The molecule has 0 spiro atoms. The number of rotatable bonds is 6. The average molecular weight is 443 g/mol. The number of nitrogens with zero attached hydrogens (tertiary/aromatic N) is 4. The Hall–Kier alpha value is -2.67. The van der Waals surface area contributed by atoms with Crippen molar-refractivity contribution in [2.24, 2.45) is 0 Å². The summed E-state index contributed by atoms with van der Waals surface area (Å²) in [6.07, 6.45) is 2.29. The van der Waals surface area contributed by atoms with E-state index >= 15 is 0 Å². The highest BCUT2D eigenvalue weighted by Gasteiger charge is 2.30. The van der Waals surface area contributed by atoms with Gasteiger partial charge in [-0.15, -0.1) is 0 Å². The van der Waals surface area contributed by atoms with Crippen LogP contribution in [0.25, 0.3) is 0 Å². The van der Waals surface area contributed by atoms with Gasteiger partial charge >= 0.3 is 6.18 Å². The molecule has 2 aromatic heterocycles. The van der Waals surface area contributed by atoms with Crippen molar-refractivity contribution in [3.63, 3.8) is 0 Å². The lowest BCUT2D eigenvalue weighted by Crippen LogP contribution is -2.34. The van der Waals surface area contributed by atoms with E-state index < -0.39 is 11.7 Å². The largest absolute Gasteiger partial charge is 0.416 e. The maximum Gasteiger partial charge on any atom is 0.416 e. The molecule has 0 radical (unpaired) electrons. The predicted octanol–water partition coefficient (Wildman–Crippen LogP) is 5.60. The van der Waals surface area contributed by atoms with E-state index in [1.54, 1.807) is 6.07 Å². The van der Waals surface area contributed by atoms with Crippen molar-refractivity contribution < 1.29 is 13.2 Å². The first-order chi connectivity index (χ1) is 15.3. The molecule has 1 aliphatic rings. The summed E-state index contributed by atoms with van der Waals surface area (Å²) in [6.45, 7) is 7.96.